The Morgan fingerprint density at radius 1 is 1.29 bits per heavy atom. The number of hydrogen-bond acceptors (Lipinski definition) is 2. The van der Waals surface area contributed by atoms with E-state index >= 15 is 0 Å². The topological polar surface area (TPSA) is 43.8 Å². The summed E-state index contributed by atoms with van der Waals surface area (Å²) >= 11 is 0. The van der Waals surface area contributed by atoms with Gasteiger partial charge in [-0.3, -0.25) is 4.68 Å². The van der Waals surface area contributed by atoms with Crippen molar-refractivity contribution < 1.29 is 0 Å². The van der Waals surface area contributed by atoms with Gasteiger partial charge in [0.15, 0.2) is 0 Å². The van der Waals surface area contributed by atoms with Crippen LogP contribution in [0.15, 0.2) is 0 Å². The van der Waals surface area contributed by atoms with Gasteiger partial charge in [-0.05, 0) is 19.3 Å². The third-order valence-electron chi connectivity index (χ3n) is 2.36. The van der Waals surface area contributed by atoms with Crippen molar-refractivity contribution in [1.29, 1.82) is 0 Å². The predicted octanol–water partition coefficient (Wildman–Crippen LogP) is 2.00. The second-order valence-corrected chi connectivity index (χ2v) is 5.07. The zero-order valence-electron chi connectivity index (χ0n) is 9.89. The Hall–Kier alpha value is -0.830. The second kappa shape index (κ2) is 3.73. The molecule has 0 unspecified atom stereocenters. The van der Waals surface area contributed by atoms with Crippen LogP contribution in [0.4, 0.5) is 0 Å². The van der Waals surface area contributed by atoms with Gasteiger partial charge in [-0.2, -0.15) is 5.10 Å². The number of rotatable bonds is 2. The SMILES string of the molecule is Cc1nn(CC(C)(C)C)c(C)c1CN. The van der Waals surface area contributed by atoms with Gasteiger partial charge in [0.1, 0.15) is 0 Å². The van der Waals surface area contributed by atoms with Gasteiger partial charge in [0, 0.05) is 24.3 Å². The van der Waals surface area contributed by atoms with Crippen LogP contribution < -0.4 is 5.73 Å². The molecule has 1 aromatic rings. The smallest absolute Gasteiger partial charge is 0.0641 e. The largest absolute Gasteiger partial charge is 0.326 e. The lowest BCUT2D eigenvalue weighted by Crippen LogP contribution is -2.17. The maximum Gasteiger partial charge on any atom is 0.0641 e. The lowest BCUT2D eigenvalue weighted by Gasteiger charge is -2.19. The Morgan fingerprint density at radius 2 is 1.86 bits per heavy atom. The first-order valence-electron chi connectivity index (χ1n) is 5.08. The highest BCUT2D eigenvalue weighted by molar-refractivity contribution is 5.24. The predicted molar refractivity (Wildman–Crippen MR) is 59.0 cm³/mol. The molecule has 1 heterocycles. The Morgan fingerprint density at radius 3 is 2.21 bits per heavy atom. The summed E-state index contributed by atoms with van der Waals surface area (Å²) in [5.41, 5.74) is 9.40. The molecule has 0 fully saturated rings. The number of aromatic nitrogens is 2. The van der Waals surface area contributed by atoms with E-state index in [1.54, 1.807) is 0 Å². The molecule has 0 saturated heterocycles. The highest BCUT2D eigenvalue weighted by Crippen LogP contribution is 2.19. The van der Waals surface area contributed by atoms with Crippen LogP contribution in [0.2, 0.25) is 0 Å². The van der Waals surface area contributed by atoms with Crippen molar-refractivity contribution in [2.45, 2.75) is 47.7 Å². The Labute approximate surface area is 86.3 Å². The van der Waals surface area contributed by atoms with Crippen molar-refractivity contribution in [1.82, 2.24) is 9.78 Å². The van der Waals surface area contributed by atoms with E-state index in [0.29, 0.717) is 6.54 Å². The molecular weight excluding hydrogens is 174 g/mol. The minimum atomic E-state index is 0.259. The molecule has 0 spiro atoms. The highest BCUT2D eigenvalue weighted by atomic mass is 15.3. The summed E-state index contributed by atoms with van der Waals surface area (Å²) in [5.74, 6) is 0. The van der Waals surface area contributed by atoms with E-state index < -0.39 is 0 Å². The molecule has 0 aromatic carbocycles. The maximum atomic E-state index is 5.68. The van der Waals surface area contributed by atoms with Crippen LogP contribution in [-0.2, 0) is 13.1 Å². The van der Waals surface area contributed by atoms with Gasteiger partial charge >= 0.3 is 0 Å². The fourth-order valence-corrected chi connectivity index (χ4v) is 1.63. The molecule has 80 valence electrons. The van der Waals surface area contributed by atoms with Crippen molar-refractivity contribution in [3.05, 3.63) is 17.0 Å². The Bertz CT molecular complexity index is 318. The van der Waals surface area contributed by atoms with Gasteiger partial charge in [-0.25, -0.2) is 0 Å². The summed E-state index contributed by atoms with van der Waals surface area (Å²) in [7, 11) is 0. The summed E-state index contributed by atoms with van der Waals surface area (Å²) in [6.45, 7) is 12.3. The first-order chi connectivity index (χ1) is 6.35. The lowest BCUT2D eigenvalue weighted by molar-refractivity contribution is 0.321. The quantitative estimate of drug-likeness (QED) is 0.784. The first kappa shape index (κ1) is 11.2. The van der Waals surface area contributed by atoms with Crippen LogP contribution in [0.3, 0.4) is 0 Å². The van der Waals surface area contributed by atoms with E-state index in [-0.39, 0.29) is 5.41 Å². The van der Waals surface area contributed by atoms with E-state index in [1.807, 2.05) is 6.92 Å². The molecule has 0 atom stereocenters. The molecule has 1 aromatic heterocycles. The maximum absolute atomic E-state index is 5.68. The third-order valence-corrected chi connectivity index (χ3v) is 2.36. The molecule has 0 amide bonds. The monoisotopic (exact) mass is 195 g/mol. The summed E-state index contributed by atoms with van der Waals surface area (Å²) in [5, 5.41) is 4.50. The van der Waals surface area contributed by atoms with E-state index in [4.69, 9.17) is 5.73 Å². The van der Waals surface area contributed by atoms with Crippen molar-refractivity contribution in [3.8, 4) is 0 Å². The molecule has 1 rings (SSSR count). The third kappa shape index (κ3) is 2.35. The summed E-state index contributed by atoms with van der Waals surface area (Å²) < 4.78 is 2.07. The van der Waals surface area contributed by atoms with Crippen molar-refractivity contribution in [2.75, 3.05) is 0 Å². The van der Waals surface area contributed by atoms with E-state index in [0.717, 1.165) is 12.2 Å². The molecule has 3 nitrogen and oxygen atoms in total. The summed E-state index contributed by atoms with van der Waals surface area (Å²) in [6, 6.07) is 0. The van der Waals surface area contributed by atoms with Crippen LogP contribution in [-0.4, -0.2) is 9.78 Å². The summed E-state index contributed by atoms with van der Waals surface area (Å²) in [6.07, 6.45) is 0. The fourth-order valence-electron chi connectivity index (χ4n) is 1.63. The average Bonchev–Trinajstić information content (AvgIpc) is 2.24. The molecule has 0 aliphatic heterocycles. The molecular formula is C11H21N3. The number of aryl methyl sites for hydroxylation is 1. The average molecular weight is 195 g/mol. The Balaban J connectivity index is 3.00. The fraction of sp³-hybridized carbons (Fsp3) is 0.727. The molecule has 0 radical (unpaired) electrons. The molecule has 0 saturated carbocycles. The van der Waals surface area contributed by atoms with Crippen LogP contribution in [0.5, 0.6) is 0 Å². The van der Waals surface area contributed by atoms with Crippen molar-refractivity contribution >= 4 is 0 Å². The van der Waals surface area contributed by atoms with Gasteiger partial charge in [0.05, 0.1) is 5.69 Å². The van der Waals surface area contributed by atoms with Gasteiger partial charge in [-0.1, -0.05) is 20.8 Å². The van der Waals surface area contributed by atoms with Gasteiger partial charge in [-0.15, -0.1) is 0 Å². The van der Waals surface area contributed by atoms with Gasteiger partial charge in [0.2, 0.25) is 0 Å². The molecule has 2 N–H and O–H groups in total. The molecule has 3 heteroatoms. The standard InChI is InChI=1S/C11H21N3/c1-8-10(6-12)9(2)14(13-8)7-11(3,4)5/h6-7,12H2,1-5H3. The number of nitrogens with zero attached hydrogens (tertiary/aromatic N) is 2. The molecule has 0 aliphatic rings. The minimum Gasteiger partial charge on any atom is -0.326 e. The van der Waals surface area contributed by atoms with Gasteiger partial charge < -0.3 is 5.73 Å². The first-order valence-corrected chi connectivity index (χ1v) is 5.08. The van der Waals surface area contributed by atoms with Crippen molar-refractivity contribution in [2.24, 2.45) is 11.1 Å². The zero-order valence-corrected chi connectivity index (χ0v) is 9.89. The minimum absolute atomic E-state index is 0.259. The number of hydrogen-bond donors (Lipinski definition) is 1. The lowest BCUT2D eigenvalue weighted by atomic mass is 9.97. The summed E-state index contributed by atoms with van der Waals surface area (Å²) in [4.78, 5) is 0. The molecule has 0 aliphatic carbocycles. The van der Waals surface area contributed by atoms with Crippen LogP contribution >= 0.6 is 0 Å². The van der Waals surface area contributed by atoms with Crippen LogP contribution in [0, 0.1) is 19.3 Å². The van der Waals surface area contributed by atoms with Crippen LogP contribution in [0.25, 0.3) is 0 Å². The Kier molecular flexibility index (Phi) is 3.00. The zero-order chi connectivity index (χ0) is 10.9. The highest BCUT2D eigenvalue weighted by Gasteiger charge is 2.16. The van der Waals surface area contributed by atoms with Gasteiger partial charge in [0.25, 0.3) is 0 Å². The van der Waals surface area contributed by atoms with Crippen LogP contribution in [0.1, 0.15) is 37.7 Å². The number of nitrogens with two attached hydrogens (primary N) is 1. The van der Waals surface area contributed by atoms with Crippen molar-refractivity contribution in [3.63, 3.8) is 0 Å². The molecule has 0 bridgehead atoms. The van der Waals surface area contributed by atoms with E-state index in [2.05, 4.69) is 37.5 Å². The molecule has 14 heavy (non-hydrogen) atoms. The normalized spacial score (nSPS) is 12.1. The van der Waals surface area contributed by atoms with E-state index in [9.17, 15) is 0 Å². The van der Waals surface area contributed by atoms with E-state index in [1.165, 1.54) is 11.3 Å². The second-order valence-electron chi connectivity index (χ2n) is 5.07.